The third-order valence-electron chi connectivity index (χ3n) is 1.98. The van der Waals surface area contributed by atoms with E-state index in [-0.39, 0.29) is 23.2 Å². The lowest BCUT2D eigenvalue weighted by atomic mass is 10.1. The molecule has 0 bridgehead atoms. The van der Waals surface area contributed by atoms with Crippen molar-refractivity contribution in [3.8, 4) is 0 Å². The molecular weight excluding hydrogens is 297 g/mol. The van der Waals surface area contributed by atoms with Gasteiger partial charge in [0.25, 0.3) is 5.69 Å². The van der Waals surface area contributed by atoms with Crippen LogP contribution < -0.4 is 0 Å². The lowest BCUT2D eigenvalue weighted by molar-refractivity contribution is -0.385. The van der Waals surface area contributed by atoms with Crippen LogP contribution in [0.1, 0.15) is 22.8 Å². The second-order valence-corrected chi connectivity index (χ2v) is 3.64. The van der Waals surface area contributed by atoms with Gasteiger partial charge in [-0.1, -0.05) is 15.9 Å². The van der Waals surface area contributed by atoms with Crippen LogP contribution in [0, 0.1) is 15.9 Å². The molecule has 0 fully saturated rings. The molecule has 0 aromatic heterocycles. The third kappa shape index (κ3) is 3.00. The van der Waals surface area contributed by atoms with Gasteiger partial charge in [-0.05, 0) is 6.92 Å². The molecule has 0 amide bonds. The highest BCUT2D eigenvalue weighted by Gasteiger charge is 2.21. The summed E-state index contributed by atoms with van der Waals surface area (Å²) < 4.78 is 18.4. The normalized spacial score (nSPS) is 10.1. The van der Waals surface area contributed by atoms with Crippen molar-refractivity contribution >= 4 is 27.6 Å². The third-order valence-corrected chi connectivity index (χ3v) is 2.59. The number of hydrogen-bond acceptors (Lipinski definition) is 4. The van der Waals surface area contributed by atoms with Gasteiger partial charge in [0.05, 0.1) is 11.5 Å². The maximum Gasteiger partial charge on any atom is 0.341 e. The Balaban J connectivity index is 3.32. The predicted octanol–water partition coefficient (Wildman–Crippen LogP) is 2.81. The summed E-state index contributed by atoms with van der Waals surface area (Å²) in [4.78, 5) is 21.4. The largest absolute Gasteiger partial charge is 0.462 e. The molecule has 0 aliphatic carbocycles. The average molecular weight is 306 g/mol. The Hall–Kier alpha value is -1.50. The van der Waals surface area contributed by atoms with E-state index in [1.807, 2.05) is 0 Å². The molecule has 0 aliphatic rings. The van der Waals surface area contributed by atoms with Crippen LogP contribution in [-0.4, -0.2) is 17.5 Å². The van der Waals surface area contributed by atoms with Crippen molar-refractivity contribution in [3.05, 3.63) is 39.2 Å². The minimum absolute atomic E-state index is 0.0438. The van der Waals surface area contributed by atoms with Gasteiger partial charge in [0, 0.05) is 23.0 Å². The van der Waals surface area contributed by atoms with Gasteiger partial charge < -0.3 is 4.74 Å². The standard InChI is InChI=1S/C10H9BrFNO4/c1-2-17-10(14)8-4-7(13(15)16)3-6(5-11)9(8)12/h3-4H,2,5H2,1H3. The molecule has 1 aromatic carbocycles. The van der Waals surface area contributed by atoms with Gasteiger partial charge in [-0.3, -0.25) is 10.1 Å². The van der Waals surface area contributed by atoms with Crippen molar-refractivity contribution in [2.45, 2.75) is 12.3 Å². The number of benzene rings is 1. The SMILES string of the molecule is CCOC(=O)c1cc([N+](=O)[O-])cc(CBr)c1F. The Morgan fingerprint density at radius 2 is 2.24 bits per heavy atom. The molecule has 5 nitrogen and oxygen atoms in total. The van der Waals surface area contributed by atoms with Crippen molar-refractivity contribution in [1.82, 2.24) is 0 Å². The van der Waals surface area contributed by atoms with Crippen LogP contribution in [-0.2, 0) is 10.1 Å². The molecule has 0 aliphatic heterocycles. The number of rotatable bonds is 4. The number of ether oxygens (including phenoxy) is 1. The Morgan fingerprint density at radius 3 is 2.71 bits per heavy atom. The Bertz CT molecular complexity index is 464. The Labute approximate surface area is 105 Å². The summed E-state index contributed by atoms with van der Waals surface area (Å²) in [5, 5.41) is 10.7. The first-order valence-electron chi connectivity index (χ1n) is 4.71. The topological polar surface area (TPSA) is 69.4 Å². The second kappa shape index (κ2) is 5.72. The van der Waals surface area contributed by atoms with Gasteiger partial charge in [-0.2, -0.15) is 0 Å². The number of nitrogens with zero attached hydrogens (tertiary/aromatic N) is 1. The monoisotopic (exact) mass is 305 g/mol. The minimum atomic E-state index is -0.907. The van der Waals surface area contributed by atoms with Gasteiger partial charge in [-0.15, -0.1) is 0 Å². The molecule has 0 spiro atoms. The zero-order valence-corrected chi connectivity index (χ0v) is 10.5. The quantitative estimate of drug-likeness (QED) is 0.371. The summed E-state index contributed by atoms with van der Waals surface area (Å²) >= 11 is 3.00. The lowest BCUT2D eigenvalue weighted by Crippen LogP contribution is -2.09. The Kier molecular flexibility index (Phi) is 4.56. The molecule has 0 N–H and O–H groups in total. The fourth-order valence-corrected chi connectivity index (χ4v) is 1.64. The van der Waals surface area contributed by atoms with Gasteiger partial charge in [-0.25, -0.2) is 9.18 Å². The van der Waals surface area contributed by atoms with E-state index < -0.39 is 22.3 Å². The predicted molar refractivity (Wildman–Crippen MR) is 61.6 cm³/mol. The summed E-state index contributed by atoms with van der Waals surface area (Å²) in [5.74, 6) is -1.71. The fourth-order valence-electron chi connectivity index (χ4n) is 1.23. The van der Waals surface area contributed by atoms with E-state index >= 15 is 0 Å². The van der Waals surface area contributed by atoms with Crippen molar-refractivity contribution in [3.63, 3.8) is 0 Å². The van der Waals surface area contributed by atoms with Gasteiger partial charge >= 0.3 is 5.97 Å². The molecule has 1 rings (SSSR count). The van der Waals surface area contributed by atoms with Crippen LogP contribution in [0.5, 0.6) is 0 Å². The first-order valence-corrected chi connectivity index (χ1v) is 5.83. The minimum Gasteiger partial charge on any atom is -0.462 e. The van der Waals surface area contributed by atoms with E-state index in [0.717, 1.165) is 12.1 Å². The molecule has 17 heavy (non-hydrogen) atoms. The van der Waals surface area contributed by atoms with E-state index in [0.29, 0.717) is 0 Å². The van der Waals surface area contributed by atoms with Crippen LogP contribution in [0.3, 0.4) is 0 Å². The number of hydrogen-bond donors (Lipinski definition) is 0. The van der Waals surface area contributed by atoms with Crippen molar-refractivity contribution in [2.24, 2.45) is 0 Å². The Morgan fingerprint density at radius 1 is 1.59 bits per heavy atom. The van der Waals surface area contributed by atoms with Crippen molar-refractivity contribution in [1.29, 1.82) is 0 Å². The van der Waals surface area contributed by atoms with E-state index in [1.54, 1.807) is 6.92 Å². The van der Waals surface area contributed by atoms with Crippen molar-refractivity contribution in [2.75, 3.05) is 6.61 Å². The molecule has 0 radical (unpaired) electrons. The molecule has 1 aromatic rings. The van der Waals surface area contributed by atoms with Crippen LogP contribution in [0.15, 0.2) is 12.1 Å². The van der Waals surface area contributed by atoms with Gasteiger partial charge in [0.2, 0.25) is 0 Å². The average Bonchev–Trinajstić information content (AvgIpc) is 2.29. The van der Waals surface area contributed by atoms with Crippen LogP contribution in [0.25, 0.3) is 0 Å². The number of esters is 1. The number of non-ortho nitro benzene ring substituents is 1. The van der Waals surface area contributed by atoms with Crippen LogP contribution in [0.2, 0.25) is 0 Å². The lowest BCUT2D eigenvalue weighted by Gasteiger charge is -2.06. The molecule has 7 heteroatoms. The number of nitro groups is 1. The first kappa shape index (κ1) is 13.6. The maximum absolute atomic E-state index is 13.7. The summed E-state index contributed by atoms with van der Waals surface area (Å²) in [7, 11) is 0. The van der Waals surface area contributed by atoms with Gasteiger partial charge in [0.15, 0.2) is 0 Å². The molecule has 92 valence electrons. The number of alkyl halides is 1. The zero-order chi connectivity index (χ0) is 13.0. The number of carbonyl (C=O) groups excluding carboxylic acids is 1. The van der Waals surface area contributed by atoms with E-state index in [2.05, 4.69) is 20.7 Å². The highest BCUT2D eigenvalue weighted by atomic mass is 79.9. The highest BCUT2D eigenvalue weighted by Crippen LogP contribution is 2.24. The molecule has 0 atom stereocenters. The summed E-state index contributed by atoms with van der Waals surface area (Å²) in [5.41, 5.74) is -0.721. The number of carbonyl (C=O) groups is 1. The zero-order valence-electron chi connectivity index (χ0n) is 8.91. The van der Waals surface area contributed by atoms with E-state index in [9.17, 15) is 19.3 Å². The van der Waals surface area contributed by atoms with Crippen LogP contribution >= 0.6 is 15.9 Å². The number of halogens is 2. The molecule has 0 heterocycles. The fraction of sp³-hybridized carbons (Fsp3) is 0.300. The van der Waals surface area contributed by atoms with E-state index in [1.165, 1.54) is 0 Å². The maximum atomic E-state index is 13.7. The summed E-state index contributed by atoms with van der Waals surface area (Å²) in [6, 6.07) is 1.95. The molecule has 0 unspecified atom stereocenters. The van der Waals surface area contributed by atoms with Crippen LogP contribution in [0.4, 0.5) is 10.1 Å². The smallest absolute Gasteiger partial charge is 0.341 e. The molecular formula is C10H9BrFNO4. The first-order chi connectivity index (χ1) is 8.01. The second-order valence-electron chi connectivity index (χ2n) is 3.08. The van der Waals surface area contributed by atoms with Gasteiger partial charge in [0.1, 0.15) is 11.4 Å². The highest BCUT2D eigenvalue weighted by molar-refractivity contribution is 9.08. The van der Waals surface area contributed by atoms with Crippen molar-refractivity contribution < 1.29 is 18.8 Å². The summed E-state index contributed by atoms with van der Waals surface area (Å²) in [6.07, 6.45) is 0. The number of nitro benzene ring substituents is 1. The summed E-state index contributed by atoms with van der Waals surface area (Å²) in [6.45, 7) is 1.64. The molecule has 0 saturated heterocycles. The molecule has 0 saturated carbocycles. The van der Waals surface area contributed by atoms with E-state index in [4.69, 9.17) is 0 Å².